The fourth-order valence-corrected chi connectivity index (χ4v) is 6.01. The van der Waals surface area contributed by atoms with Crippen molar-refractivity contribution in [2.24, 2.45) is 35.0 Å². The van der Waals surface area contributed by atoms with Crippen molar-refractivity contribution in [3.8, 4) is 0 Å². The van der Waals surface area contributed by atoms with Crippen LogP contribution in [0.1, 0.15) is 112 Å². The van der Waals surface area contributed by atoms with Gasteiger partial charge < -0.3 is 0 Å². The first-order valence-corrected chi connectivity index (χ1v) is 11.6. The van der Waals surface area contributed by atoms with Crippen molar-refractivity contribution in [1.82, 2.24) is 0 Å². The molecule has 0 heteroatoms. The SMILES string of the molecule is CCC[C@@H](C)[C@@H](CCC[C@@H]1CC=C2C[C@@H](C)CC[C@]2(C)C1)[C@@H](C)CC. The Bertz CT molecular complexity index is 420. The normalized spacial score (nSPS) is 33.3. The minimum atomic E-state index is 0.557. The van der Waals surface area contributed by atoms with Crippen LogP contribution in [0.2, 0.25) is 0 Å². The van der Waals surface area contributed by atoms with Gasteiger partial charge in [-0.1, -0.05) is 85.3 Å². The Kier molecular flexibility index (Phi) is 8.09. The number of fused-ring (bicyclic) bond motifs is 1. The summed E-state index contributed by atoms with van der Waals surface area (Å²) in [7, 11) is 0. The lowest BCUT2D eigenvalue weighted by atomic mass is 9.61. The third-order valence-corrected chi connectivity index (χ3v) is 7.97. The average Bonchev–Trinajstić information content (AvgIpc) is 2.58. The Hall–Kier alpha value is -0.260. The van der Waals surface area contributed by atoms with Gasteiger partial charge in [0.25, 0.3) is 0 Å². The third-order valence-electron chi connectivity index (χ3n) is 7.97. The Morgan fingerprint density at radius 1 is 1.16 bits per heavy atom. The summed E-state index contributed by atoms with van der Waals surface area (Å²) in [5.41, 5.74) is 2.37. The van der Waals surface area contributed by atoms with E-state index in [1.165, 1.54) is 70.6 Å². The lowest BCUT2D eigenvalue weighted by molar-refractivity contribution is 0.174. The van der Waals surface area contributed by atoms with E-state index in [0.29, 0.717) is 5.41 Å². The predicted molar refractivity (Wildman–Crippen MR) is 113 cm³/mol. The Balaban J connectivity index is 1.84. The quantitative estimate of drug-likeness (QED) is 0.367. The maximum absolute atomic E-state index is 2.66. The molecule has 2 rings (SSSR count). The molecule has 1 saturated carbocycles. The van der Waals surface area contributed by atoms with E-state index in [1.807, 2.05) is 5.57 Å². The molecule has 2 aliphatic carbocycles. The van der Waals surface area contributed by atoms with Crippen LogP contribution in [0, 0.1) is 35.0 Å². The minimum absolute atomic E-state index is 0.557. The molecule has 146 valence electrons. The number of allylic oxidation sites excluding steroid dienone is 2. The highest BCUT2D eigenvalue weighted by Gasteiger charge is 2.38. The van der Waals surface area contributed by atoms with Gasteiger partial charge >= 0.3 is 0 Å². The average molecular weight is 347 g/mol. The predicted octanol–water partition coefficient (Wildman–Crippen LogP) is 8.42. The van der Waals surface area contributed by atoms with E-state index in [-0.39, 0.29) is 0 Å². The Morgan fingerprint density at radius 3 is 2.60 bits per heavy atom. The van der Waals surface area contributed by atoms with Gasteiger partial charge in [-0.25, -0.2) is 0 Å². The van der Waals surface area contributed by atoms with Crippen molar-refractivity contribution in [2.75, 3.05) is 0 Å². The van der Waals surface area contributed by atoms with Crippen LogP contribution in [-0.2, 0) is 0 Å². The summed E-state index contributed by atoms with van der Waals surface area (Å²) in [4.78, 5) is 0. The molecule has 25 heavy (non-hydrogen) atoms. The maximum Gasteiger partial charge on any atom is -0.0113 e. The highest BCUT2D eigenvalue weighted by atomic mass is 14.4. The largest absolute Gasteiger partial charge is 0.0845 e. The molecule has 0 aromatic heterocycles. The second kappa shape index (κ2) is 9.61. The topological polar surface area (TPSA) is 0 Å². The highest BCUT2D eigenvalue weighted by molar-refractivity contribution is 5.20. The number of rotatable bonds is 9. The van der Waals surface area contributed by atoms with Crippen LogP contribution >= 0.6 is 0 Å². The highest BCUT2D eigenvalue weighted by Crippen LogP contribution is 2.51. The summed E-state index contributed by atoms with van der Waals surface area (Å²) >= 11 is 0. The van der Waals surface area contributed by atoms with E-state index in [0.717, 1.165) is 29.6 Å². The molecule has 0 N–H and O–H groups in total. The van der Waals surface area contributed by atoms with Crippen LogP contribution in [0.15, 0.2) is 11.6 Å². The van der Waals surface area contributed by atoms with Gasteiger partial charge in [0.2, 0.25) is 0 Å². The molecule has 0 spiro atoms. The zero-order chi connectivity index (χ0) is 18.4. The van der Waals surface area contributed by atoms with Gasteiger partial charge in [0.05, 0.1) is 0 Å². The van der Waals surface area contributed by atoms with Crippen molar-refractivity contribution in [2.45, 2.75) is 112 Å². The molecule has 0 amide bonds. The molecule has 2 aliphatic rings. The lowest BCUT2D eigenvalue weighted by Gasteiger charge is -2.44. The van der Waals surface area contributed by atoms with Gasteiger partial charge in [0.1, 0.15) is 0 Å². The van der Waals surface area contributed by atoms with E-state index >= 15 is 0 Å². The second-order valence-electron chi connectivity index (χ2n) is 10.2. The molecule has 6 atom stereocenters. The first-order chi connectivity index (χ1) is 11.9. The molecule has 0 radical (unpaired) electrons. The summed E-state index contributed by atoms with van der Waals surface area (Å²) < 4.78 is 0. The summed E-state index contributed by atoms with van der Waals surface area (Å²) in [5.74, 6) is 4.64. The van der Waals surface area contributed by atoms with E-state index in [2.05, 4.69) is 47.6 Å². The van der Waals surface area contributed by atoms with E-state index in [9.17, 15) is 0 Å². The van der Waals surface area contributed by atoms with Gasteiger partial charge in [-0.2, -0.15) is 0 Å². The van der Waals surface area contributed by atoms with Crippen molar-refractivity contribution in [3.63, 3.8) is 0 Å². The first-order valence-electron chi connectivity index (χ1n) is 11.6. The molecule has 0 nitrogen and oxygen atoms in total. The van der Waals surface area contributed by atoms with E-state index in [1.54, 1.807) is 0 Å². The summed E-state index contributed by atoms with van der Waals surface area (Å²) in [5, 5.41) is 0. The fraction of sp³-hybridized carbons (Fsp3) is 0.920. The zero-order valence-corrected chi connectivity index (χ0v) is 18.2. The minimum Gasteiger partial charge on any atom is -0.0845 e. The van der Waals surface area contributed by atoms with Crippen LogP contribution in [0.5, 0.6) is 0 Å². The maximum atomic E-state index is 2.66. The second-order valence-corrected chi connectivity index (χ2v) is 10.2. The molecule has 0 bridgehead atoms. The van der Waals surface area contributed by atoms with Gasteiger partial charge in [-0.05, 0) is 73.5 Å². The van der Waals surface area contributed by atoms with Crippen LogP contribution < -0.4 is 0 Å². The first kappa shape index (κ1) is 21.0. The van der Waals surface area contributed by atoms with Gasteiger partial charge in [-0.3, -0.25) is 0 Å². The third kappa shape index (κ3) is 5.61. The van der Waals surface area contributed by atoms with Crippen LogP contribution in [0.4, 0.5) is 0 Å². The van der Waals surface area contributed by atoms with Gasteiger partial charge in [0.15, 0.2) is 0 Å². The fourth-order valence-electron chi connectivity index (χ4n) is 6.01. The van der Waals surface area contributed by atoms with E-state index in [4.69, 9.17) is 0 Å². The monoisotopic (exact) mass is 346 g/mol. The molecule has 0 aromatic rings. The van der Waals surface area contributed by atoms with Crippen molar-refractivity contribution < 1.29 is 0 Å². The van der Waals surface area contributed by atoms with Gasteiger partial charge in [-0.15, -0.1) is 0 Å². The number of hydrogen-bond donors (Lipinski definition) is 0. The Labute approximate surface area is 159 Å². The van der Waals surface area contributed by atoms with Crippen LogP contribution in [0.3, 0.4) is 0 Å². The molecule has 0 aromatic carbocycles. The van der Waals surface area contributed by atoms with E-state index < -0.39 is 0 Å². The van der Waals surface area contributed by atoms with Crippen LogP contribution in [-0.4, -0.2) is 0 Å². The smallest absolute Gasteiger partial charge is 0.0113 e. The number of hydrogen-bond acceptors (Lipinski definition) is 0. The summed E-state index contributed by atoms with van der Waals surface area (Å²) in [6, 6.07) is 0. The van der Waals surface area contributed by atoms with Crippen molar-refractivity contribution in [3.05, 3.63) is 11.6 Å². The molecule has 1 fully saturated rings. The molecule has 0 aliphatic heterocycles. The molecule has 0 unspecified atom stereocenters. The zero-order valence-electron chi connectivity index (χ0n) is 18.2. The summed E-state index contributed by atoms with van der Waals surface area (Å²) in [6.07, 6.45) is 18.3. The molecular formula is C25H46. The van der Waals surface area contributed by atoms with Crippen molar-refractivity contribution >= 4 is 0 Å². The lowest BCUT2D eigenvalue weighted by Crippen LogP contribution is -2.32. The van der Waals surface area contributed by atoms with Crippen molar-refractivity contribution in [1.29, 1.82) is 0 Å². The van der Waals surface area contributed by atoms with Gasteiger partial charge in [0, 0.05) is 0 Å². The standard InChI is InChI=1S/C25H46/c1-7-10-21(5)24(20(4)8-2)12-9-11-22-13-14-23-17-19(3)15-16-25(23,6)18-22/h14,19-22,24H,7-13,15-18H2,1-6H3/t19-,20-,21+,22+,24-,25+/m0/s1. The molecule has 0 saturated heterocycles. The summed E-state index contributed by atoms with van der Waals surface area (Å²) in [6.45, 7) is 14.8. The Morgan fingerprint density at radius 2 is 1.92 bits per heavy atom. The molecular weight excluding hydrogens is 300 g/mol. The molecule has 0 heterocycles. The van der Waals surface area contributed by atoms with Crippen LogP contribution in [0.25, 0.3) is 0 Å².